The first-order valence-corrected chi connectivity index (χ1v) is 5.82. The molecular weight excluding hydrogens is 272 g/mol. The standard InChI is InChI=1S/C11H15BrN2O2/c1-7(13)2-5-11(16)14-9-6-8(12)3-4-10(9)15/h3-4,6-7,15H,2,5,13H2,1H3,(H,14,16). The maximum atomic E-state index is 11.5. The predicted octanol–water partition coefficient (Wildman–Crippen LogP) is 2.22. The molecule has 0 aliphatic carbocycles. The molecule has 0 heterocycles. The lowest BCUT2D eigenvalue weighted by molar-refractivity contribution is -0.116. The smallest absolute Gasteiger partial charge is 0.224 e. The van der Waals surface area contributed by atoms with E-state index in [9.17, 15) is 9.90 Å². The van der Waals surface area contributed by atoms with Gasteiger partial charge in [0, 0.05) is 16.9 Å². The summed E-state index contributed by atoms with van der Waals surface area (Å²) in [6, 6.07) is 4.87. The number of carbonyl (C=O) groups excluding carboxylic acids is 1. The maximum Gasteiger partial charge on any atom is 0.224 e. The van der Waals surface area contributed by atoms with E-state index in [0.29, 0.717) is 18.5 Å². The molecule has 88 valence electrons. The lowest BCUT2D eigenvalue weighted by Gasteiger charge is -2.08. The summed E-state index contributed by atoms with van der Waals surface area (Å²) < 4.78 is 0.799. The van der Waals surface area contributed by atoms with Gasteiger partial charge in [0.1, 0.15) is 5.75 Å². The van der Waals surface area contributed by atoms with Crippen molar-refractivity contribution in [3.63, 3.8) is 0 Å². The van der Waals surface area contributed by atoms with Gasteiger partial charge in [0.15, 0.2) is 0 Å². The third-order valence-corrected chi connectivity index (χ3v) is 2.55. The molecule has 4 N–H and O–H groups in total. The molecule has 1 amide bonds. The Morgan fingerprint density at radius 3 is 2.94 bits per heavy atom. The molecule has 0 spiro atoms. The zero-order chi connectivity index (χ0) is 12.1. The number of aromatic hydroxyl groups is 1. The first-order chi connectivity index (χ1) is 7.49. The molecule has 0 aliphatic heterocycles. The van der Waals surface area contributed by atoms with Gasteiger partial charge in [-0.05, 0) is 31.5 Å². The van der Waals surface area contributed by atoms with Crippen LogP contribution in [0.4, 0.5) is 5.69 Å². The quantitative estimate of drug-likeness (QED) is 0.743. The largest absolute Gasteiger partial charge is 0.506 e. The lowest BCUT2D eigenvalue weighted by atomic mass is 10.2. The Kier molecular flexibility index (Phi) is 4.76. The van der Waals surface area contributed by atoms with Gasteiger partial charge < -0.3 is 16.2 Å². The van der Waals surface area contributed by atoms with Crippen molar-refractivity contribution >= 4 is 27.5 Å². The van der Waals surface area contributed by atoms with Crippen LogP contribution in [0.25, 0.3) is 0 Å². The Morgan fingerprint density at radius 2 is 2.31 bits per heavy atom. The summed E-state index contributed by atoms with van der Waals surface area (Å²) >= 11 is 3.27. The number of halogens is 1. The zero-order valence-corrected chi connectivity index (χ0v) is 10.6. The Labute approximate surface area is 103 Å². The van der Waals surface area contributed by atoms with Gasteiger partial charge in [-0.1, -0.05) is 15.9 Å². The molecule has 0 bridgehead atoms. The van der Waals surface area contributed by atoms with Crippen molar-refractivity contribution < 1.29 is 9.90 Å². The predicted molar refractivity (Wildman–Crippen MR) is 67.3 cm³/mol. The molecule has 1 aromatic carbocycles. The van der Waals surface area contributed by atoms with Crippen LogP contribution in [-0.4, -0.2) is 17.1 Å². The highest BCUT2D eigenvalue weighted by atomic mass is 79.9. The molecule has 16 heavy (non-hydrogen) atoms. The van der Waals surface area contributed by atoms with Crippen LogP contribution in [-0.2, 0) is 4.79 Å². The number of benzene rings is 1. The highest BCUT2D eigenvalue weighted by Gasteiger charge is 2.07. The Balaban J connectivity index is 2.59. The SMILES string of the molecule is CC(N)CCC(=O)Nc1cc(Br)ccc1O. The van der Waals surface area contributed by atoms with Crippen LogP contribution in [0.1, 0.15) is 19.8 Å². The third kappa shape index (κ3) is 4.20. The van der Waals surface area contributed by atoms with E-state index in [1.54, 1.807) is 12.1 Å². The number of hydrogen-bond acceptors (Lipinski definition) is 3. The van der Waals surface area contributed by atoms with Crippen molar-refractivity contribution in [1.29, 1.82) is 0 Å². The second-order valence-corrected chi connectivity index (χ2v) is 4.64. The van der Waals surface area contributed by atoms with E-state index >= 15 is 0 Å². The molecule has 1 atom stereocenters. The first-order valence-electron chi connectivity index (χ1n) is 5.03. The Hall–Kier alpha value is -1.07. The van der Waals surface area contributed by atoms with Gasteiger partial charge in [0.2, 0.25) is 5.91 Å². The van der Waals surface area contributed by atoms with Gasteiger partial charge in [-0.15, -0.1) is 0 Å². The number of hydrogen-bond donors (Lipinski definition) is 3. The zero-order valence-electron chi connectivity index (χ0n) is 9.03. The van der Waals surface area contributed by atoms with E-state index < -0.39 is 0 Å². The van der Waals surface area contributed by atoms with Crippen molar-refractivity contribution in [3.8, 4) is 5.75 Å². The maximum absolute atomic E-state index is 11.5. The summed E-state index contributed by atoms with van der Waals surface area (Å²) in [5, 5.41) is 12.1. The second-order valence-electron chi connectivity index (χ2n) is 3.73. The van der Waals surface area contributed by atoms with Gasteiger partial charge in [0.05, 0.1) is 5.69 Å². The van der Waals surface area contributed by atoms with Crippen LogP contribution in [0.5, 0.6) is 5.75 Å². The number of phenols is 1. The van der Waals surface area contributed by atoms with E-state index in [2.05, 4.69) is 21.2 Å². The summed E-state index contributed by atoms with van der Waals surface area (Å²) in [6.07, 6.45) is 0.976. The van der Waals surface area contributed by atoms with Crippen LogP contribution in [0, 0.1) is 0 Å². The minimum atomic E-state index is -0.147. The van der Waals surface area contributed by atoms with Crippen molar-refractivity contribution in [2.75, 3.05) is 5.32 Å². The monoisotopic (exact) mass is 286 g/mol. The van der Waals surface area contributed by atoms with E-state index in [4.69, 9.17) is 5.73 Å². The molecular formula is C11H15BrN2O2. The highest BCUT2D eigenvalue weighted by Crippen LogP contribution is 2.26. The number of nitrogens with one attached hydrogen (secondary N) is 1. The number of carbonyl (C=O) groups is 1. The summed E-state index contributed by atoms with van der Waals surface area (Å²) in [5.74, 6) is -0.0944. The Bertz CT molecular complexity index is 380. The van der Waals surface area contributed by atoms with Gasteiger partial charge in [-0.3, -0.25) is 4.79 Å². The topological polar surface area (TPSA) is 75.4 Å². The van der Waals surface area contributed by atoms with Gasteiger partial charge >= 0.3 is 0 Å². The summed E-state index contributed by atoms with van der Waals surface area (Å²) in [5.41, 5.74) is 5.96. The fourth-order valence-electron chi connectivity index (χ4n) is 1.18. The number of anilines is 1. The summed E-state index contributed by atoms with van der Waals surface area (Å²) in [4.78, 5) is 11.5. The van der Waals surface area contributed by atoms with E-state index in [0.717, 1.165) is 4.47 Å². The van der Waals surface area contributed by atoms with Crippen LogP contribution in [0.2, 0.25) is 0 Å². The highest BCUT2D eigenvalue weighted by molar-refractivity contribution is 9.10. The summed E-state index contributed by atoms with van der Waals surface area (Å²) in [6.45, 7) is 1.85. The fraction of sp³-hybridized carbons (Fsp3) is 0.364. The second kappa shape index (κ2) is 5.86. The number of rotatable bonds is 4. The molecule has 5 heteroatoms. The van der Waals surface area contributed by atoms with E-state index in [1.807, 2.05) is 6.92 Å². The Morgan fingerprint density at radius 1 is 1.62 bits per heavy atom. The molecule has 0 radical (unpaired) electrons. The molecule has 0 fully saturated rings. The van der Waals surface area contributed by atoms with Crippen molar-refractivity contribution in [2.45, 2.75) is 25.8 Å². The van der Waals surface area contributed by atoms with Crippen LogP contribution in [0.15, 0.2) is 22.7 Å². The van der Waals surface area contributed by atoms with Gasteiger partial charge in [0.25, 0.3) is 0 Å². The van der Waals surface area contributed by atoms with Crippen molar-refractivity contribution in [1.82, 2.24) is 0 Å². The van der Waals surface area contributed by atoms with E-state index in [-0.39, 0.29) is 17.7 Å². The third-order valence-electron chi connectivity index (χ3n) is 2.06. The normalized spacial score (nSPS) is 12.2. The van der Waals surface area contributed by atoms with Crippen LogP contribution in [0.3, 0.4) is 0 Å². The fourth-order valence-corrected chi connectivity index (χ4v) is 1.54. The number of amides is 1. The van der Waals surface area contributed by atoms with E-state index in [1.165, 1.54) is 6.07 Å². The molecule has 1 aromatic rings. The summed E-state index contributed by atoms with van der Waals surface area (Å²) in [7, 11) is 0. The van der Waals surface area contributed by atoms with Gasteiger partial charge in [-0.25, -0.2) is 0 Å². The molecule has 0 saturated carbocycles. The molecule has 0 saturated heterocycles. The average Bonchev–Trinajstić information content (AvgIpc) is 2.20. The number of nitrogens with two attached hydrogens (primary N) is 1. The number of phenolic OH excluding ortho intramolecular Hbond substituents is 1. The molecule has 0 aliphatic rings. The average molecular weight is 287 g/mol. The minimum absolute atomic E-state index is 0.00172. The molecule has 1 rings (SSSR count). The molecule has 1 unspecified atom stereocenters. The van der Waals surface area contributed by atoms with Gasteiger partial charge in [-0.2, -0.15) is 0 Å². The first kappa shape index (κ1) is 13.0. The van der Waals surface area contributed by atoms with Crippen LogP contribution >= 0.6 is 15.9 Å². The molecule has 4 nitrogen and oxygen atoms in total. The van der Waals surface area contributed by atoms with Crippen molar-refractivity contribution in [3.05, 3.63) is 22.7 Å². The van der Waals surface area contributed by atoms with Crippen LogP contribution < -0.4 is 11.1 Å². The minimum Gasteiger partial charge on any atom is -0.506 e. The molecule has 0 aromatic heterocycles. The lowest BCUT2D eigenvalue weighted by Crippen LogP contribution is -2.19. The van der Waals surface area contributed by atoms with Crippen molar-refractivity contribution in [2.24, 2.45) is 5.73 Å².